The molecular formula is C31H66N8O11S. The minimum Gasteiger partial charge on any atom is -0.474 e. The second-order valence-corrected chi connectivity index (χ2v) is 8.65. The first-order chi connectivity index (χ1) is 23.7. The Morgan fingerprint density at radius 3 is 1.12 bits per heavy atom. The number of ketones is 4. The summed E-state index contributed by atoms with van der Waals surface area (Å²) in [4.78, 5) is 72.9. The summed E-state index contributed by atoms with van der Waals surface area (Å²) in [6.07, 6.45) is 1.17. The van der Waals surface area contributed by atoms with Crippen molar-refractivity contribution >= 4 is 78.1 Å². The molecule has 0 bridgehead atoms. The second kappa shape index (κ2) is 67.6. The van der Waals surface area contributed by atoms with Gasteiger partial charge in [-0.05, 0) is 60.6 Å². The van der Waals surface area contributed by atoms with E-state index in [0.29, 0.717) is 11.7 Å². The van der Waals surface area contributed by atoms with E-state index < -0.39 is 6.09 Å². The van der Waals surface area contributed by atoms with Crippen LogP contribution in [0, 0.1) is 0 Å². The molecule has 0 spiro atoms. The normalized spacial score (nSPS) is 7.69. The number of hydrogen-bond donors (Lipinski definition) is 5. The second-order valence-electron chi connectivity index (χ2n) is 8.28. The molecule has 0 fully saturated rings. The molecule has 0 aromatic heterocycles. The molecule has 0 aliphatic heterocycles. The van der Waals surface area contributed by atoms with Crippen molar-refractivity contribution in [1.29, 1.82) is 0 Å². The first kappa shape index (κ1) is 68.4. The van der Waals surface area contributed by atoms with E-state index >= 15 is 0 Å². The van der Waals surface area contributed by atoms with Crippen LogP contribution in [0.5, 0.6) is 0 Å². The maximum absolute atomic E-state index is 10.1. The van der Waals surface area contributed by atoms with Gasteiger partial charge in [-0.15, -0.1) is 0 Å². The summed E-state index contributed by atoms with van der Waals surface area (Å²) in [5.74, 6) is 0.116. The topological polar surface area (TPSA) is 254 Å². The van der Waals surface area contributed by atoms with Crippen LogP contribution in [0.1, 0.15) is 48.5 Å². The van der Waals surface area contributed by atoms with Crippen LogP contribution in [0.2, 0.25) is 0 Å². The highest BCUT2D eigenvalue weighted by Gasteiger charge is 1.91. The van der Waals surface area contributed by atoms with Crippen LogP contribution < -0.4 is 26.6 Å². The highest BCUT2D eigenvalue weighted by atomic mass is 32.1. The Labute approximate surface area is 310 Å². The SMILES string of the molecule is C=N/N=C/C.C=NCC(C)=O.CC(=O)CNC(C)=O.CNC(=O)OC.CNC(=S)OC.CNC(C)=O.CNCC(C)=O.COC.COCC(C)=O. The third kappa shape index (κ3) is 186. The number of carbonyl (C=O) groups is 7. The van der Waals surface area contributed by atoms with Crippen molar-refractivity contribution in [2.75, 3.05) is 90.0 Å². The molecule has 0 aliphatic rings. The Bertz CT molecular complexity index is 864. The van der Waals surface area contributed by atoms with Crippen LogP contribution in [0.15, 0.2) is 15.2 Å². The standard InChI is InChI=1S/C5H9NO2.C4H9NO.C4H7NO.C4H8O2.C3H6N2.C3H7NO2.C3H7NOS.C3H7NO.C2H6O/c1-4(7)3-6-5(2)8;2*1-4(6)3-5-2;1-4(5)3-6-2;1-3-5-4-2;1-4-3(5)6-2;1-4-3(6)5-2;1-3(5)4-2;1-3-2/h3H2,1-2H3,(H,6,8);5H,3H2,1-2H3;2-3H2,1H3;3H2,1-2H3;3H,2H2,1H3;1-2H3,(H,4,5);1-2H3,(H,4,6);1-2H3,(H,4,5);1-2H3/b;;;;5-3+;;;;. The minimum absolute atomic E-state index is 0.00463. The molecule has 302 valence electrons. The molecule has 5 N–H and O–H groups in total. The van der Waals surface area contributed by atoms with Gasteiger partial charge in [0.1, 0.15) is 18.2 Å². The Morgan fingerprint density at radius 1 is 0.667 bits per heavy atom. The fourth-order valence-electron chi connectivity index (χ4n) is 1.14. The molecule has 0 radical (unpaired) electrons. The zero-order valence-corrected chi connectivity index (χ0v) is 34.4. The molecule has 51 heavy (non-hydrogen) atoms. The van der Waals surface area contributed by atoms with Gasteiger partial charge in [-0.2, -0.15) is 10.2 Å². The van der Waals surface area contributed by atoms with Crippen molar-refractivity contribution in [2.45, 2.75) is 48.5 Å². The number of amides is 3. The molecule has 3 amide bonds. The van der Waals surface area contributed by atoms with Crippen LogP contribution in [0.3, 0.4) is 0 Å². The molecular weight excluding hydrogens is 692 g/mol. The molecule has 0 aliphatic carbocycles. The van der Waals surface area contributed by atoms with E-state index in [1.54, 1.807) is 55.4 Å². The van der Waals surface area contributed by atoms with Gasteiger partial charge in [-0.1, -0.05) is 0 Å². The molecule has 19 nitrogen and oxygen atoms in total. The van der Waals surface area contributed by atoms with E-state index in [4.69, 9.17) is 0 Å². The monoisotopic (exact) mass is 758 g/mol. The predicted molar refractivity (Wildman–Crippen MR) is 208 cm³/mol. The summed E-state index contributed by atoms with van der Waals surface area (Å²) in [6.45, 7) is 17.9. The maximum Gasteiger partial charge on any atom is 0.406 e. The van der Waals surface area contributed by atoms with Crippen LogP contribution in [0.4, 0.5) is 4.79 Å². The lowest BCUT2D eigenvalue weighted by atomic mass is 10.4. The van der Waals surface area contributed by atoms with Gasteiger partial charge in [-0.3, -0.25) is 33.8 Å². The fraction of sp³-hybridized carbons (Fsp3) is 0.645. The van der Waals surface area contributed by atoms with E-state index in [1.807, 2.05) is 0 Å². The van der Waals surface area contributed by atoms with E-state index in [9.17, 15) is 33.6 Å². The number of thiocarbonyl (C=S) groups is 1. The Hall–Kier alpha value is -4.53. The zero-order valence-electron chi connectivity index (χ0n) is 33.6. The highest BCUT2D eigenvalue weighted by molar-refractivity contribution is 7.80. The van der Waals surface area contributed by atoms with Gasteiger partial charge in [0.25, 0.3) is 5.17 Å². The van der Waals surface area contributed by atoms with Crippen molar-refractivity contribution in [2.24, 2.45) is 15.2 Å². The van der Waals surface area contributed by atoms with Crippen molar-refractivity contribution in [3.8, 4) is 0 Å². The van der Waals surface area contributed by atoms with Crippen molar-refractivity contribution in [3.05, 3.63) is 0 Å². The number of aliphatic imine (C=N–C) groups is 1. The zero-order chi connectivity index (χ0) is 42.6. The lowest BCUT2D eigenvalue weighted by Crippen LogP contribution is -2.25. The quantitative estimate of drug-likeness (QED) is 0.124. The molecule has 0 aromatic carbocycles. The third-order valence-corrected chi connectivity index (χ3v) is 3.39. The molecule has 0 unspecified atom stereocenters. The number of ether oxygens (including phenoxy) is 4. The van der Waals surface area contributed by atoms with E-state index in [2.05, 4.69) is 86.4 Å². The number of carbonyl (C=O) groups excluding carboxylic acids is 7. The van der Waals surface area contributed by atoms with Crippen LogP contribution in [-0.4, -0.2) is 156 Å². The van der Waals surface area contributed by atoms with Crippen LogP contribution in [0.25, 0.3) is 0 Å². The van der Waals surface area contributed by atoms with Crippen LogP contribution >= 0.6 is 12.2 Å². The molecule has 0 saturated carbocycles. The van der Waals surface area contributed by atoms with Gasteiger partial charge < -0.3 is 45.5 Å². The molecule has 0 aromatic rings. The van der Waals surface area contributed by atoms with Crippen molar-refractivity contribution in [1.82, 2.24) is 26.6 Å². The number of rotatable bonds is 9. The first-order valence-corrected chi connectivity index (χ1v) is 14.9. The summed E-state index contributed by atoms with van der Waals surface area (Å²) in [7, 11) is 14.2. The summed E-state index contributed by atoms with van der Waals surface area (Å²) in [6, 6.07) is 0. The number of nitrogens with zero attached hydrogens (tertiary/aromatic N) is 3. The van der Waals surface area contributed by atoms with Gasteiger partial charge >= 0.3 is 6.09 Å². The van der Waals surface area contributed by atoms with Gasteiger partial charge in [0.2, 0.25) is 11.8 Å². The number of alkyl carbamates (subject to hydrolysis) is 1. The number of Topliss-reactive ketones (excluding diaryl/α,β-unsaturated/α-hetero) is 4. The molecule has 20 heteroatoms. The Morgan fingerprint density at radius 2 is 1.10 bits per heavy atom. The maximum atomic E-state index is 10.1. The molecule has 0 heterocycles. The average molecular weight is 759 g/mol. The lowest BCUT2D eigenvalue weighted by Gasteiger charge is -1.95. The number of methoxy groups -OCH3 is 4. The van der Waals surface area contributed by atoms with Crippen LogP contribution in [-0.2, 0) is 47.7 Å². The van der Waals surface area contributed by atoms with E-state index in [1.165, 1.54) is 63.0 Å². The Balaban J connectivity index is -0.0000000560. The fourth-order valence-corrected chi connectivity index (χ4v) is 1.14. The number of hydrogen-bond acceptors (Lipinski definition) is 16. The molecule has 0 saturated heterocycles. The van der Waals surface area contributed by atoms with Gasteiger partial charge in [0, 0.05) is 69.3 Å². The molecule has 0 atom stereocenters. The Kier molecular flexibility index (Phi) is 90.7. The van der Waals surface area contributed by atoms with Gasteiger partial charge in [0.05, 0.1) is 33.9 Å². The summed E-state index contributed by atoms with van der Waals surface area (Å²) >= 11 is 4.52. The molecule has 0 rings (SSSR count). The smallest absolute Gasteiger partial charge is 0.406 e. The van der Waals surface area contributed by atoms with E-state index in [0.717, 1.165) is 0 Å². The predicted octanol–water partition coefficient (Wildman–Crippen LogP) is 0.821. The summed E-state index contributed by atoms with van der Waals surface area (Å²) in [5, 5.41) is 19.3. The summed E-state index contributed by atoms with van der Waals surface area (Å²) < 4.78 is 17.4. The lowest BCUT2D eigenvalue weighted by molar-refractivity contribution is -0.123. The summed E-state index contributed by atoms with van der Waals surface area (Å²) in [5.41, 5.74) is 0. The van der Waals surface area contributed by atoms with E-state index in [-0.39, 0.29) is 54.6 Å². The van der Waals surface area contributed by atoms with Crippen molar-refractivity contribution < 1.29 is 52.5 Å². The minimum atomic E-state index is -0.407. The average Bonchev–Trinajstić information content (AvgIpc) is 3.05. The van der Waals surface area contributed by atoms with Gasteiger partial charge in [0.15, 0.2) is 11.6 Å². The highest BCUT2D eigenvalue weighted by Crippen LogP contribution is 1.67. The number of likely N-dealkylation sites (N-methyl/N-ethyl adjacent to an activating group) is 1. The number of nitrogens with one attached hydrogen (secondary N) is 5. The largest absolute Gasteiger partial charge is 0.474 e. The third-order valence-electron chi connectivity index (χ3n) is 3.02. The first-order valence-electron chi connectivity index (χ1n) is 14.5. The van der Waals surface area contributed by atoms with Gasteiger partial charge in [-0.25, -0.2) is 4.79 Å². The van der Waals surface area contributed by atoms with Crippen molar-refractivity contribution in [3.63, 3.8) is 0 Å².